The van der Waals surface area contributed by atoms with Crippen LogP contribution in [0.25, 0.3) is 0 Å². The minimum atomic E-state index is -2.81. The van der Waals surface area contributed by atoms with Crippen molar-refractivity contribution in [1.29, 1.82) is 0 Å². The van der Waals surface area contributed by atoms with Crippen LogP contribution in [0, 0.1) is 5.82 Å². The van der Waals surface area contributed by atoms with Crippen molar-refractivity contribution in [3.63, 3.8) is 0 Å². The van der Waals surface area contributed by atoms with Gasteiger partial charge in [-0.15, -0.1) is 0 Å². The number of rotatable bonds is 9. The van der Waals surface area contributed by atoms with Crippen molar-refractivity contribution in [1.82, 2.24) is 24.3 Å². The molecular weight excluding hydrogens is 521 g/mol. The third-order valence-corrected chi connectivity index (χ3v) is 7.78. The number of nitrogens with one attached hydrogen (secondary N) is 1. The number of imidazole rings is 1. The van der Waals surface area contributed by atoms with E-state index in [1.54, 1.807) is 32.0 Å². The van der Waals surface area contributed by atoms with E-state index in [2.05, 4.69) is 15.3 Å². The summed E-state index contributed by atoms with van der Waals surface area (Å²) in [4.78, 5) is 26.3. The van der Waals surface area contributed by atoms with Crippen molar-refractivity contribution in [3.8, 4) is 5.75 Å². The number of aromatic nitrogens is 3. The molecule has 2 aromatic heterocycles. The maximum Gasteiger partial charge on any atom is 0.254 e. The number of hydrogen-bond acceptors (Lipinski definition) is 6. The third kappa shape index (κ3) is 5.02. The lowest BCUT2D eigenvalue weighted by molar-refractivity contribution is -0.135. The third-order valence-electron chi connectivity index (χ3n) is 7.78. The number of halogens is 3. The lowest BCUT2D eigenvalue weighted by atomic mass is 9.58. The first-order chi connectivity index (χ1) is 19.0. The molecule has 3 aromatic rings. The average Bonchev–Trinajstić information content (AvgIpc) is 3.32. The van der Waals surface area contributed by atoms with Gasteiger partial charge in [-0.25, -0.2) is 18.2 Å². The highest BCUT2D eigenvalue weighted by molar-refractivity contribution is 5.98. The molecule has 0 bridgehead atoms. The smallest absolute Gasteiger partial charge is 0.254 e. The second-order valence-corrected chi connectivity index (χ2v) is 11.1. The number of pyridine rings is 1. The SMILES string of the molecule is CCOc1cc(C(C)N2CC3(CC(F)(F)C3)c3c(CN(C)C)cc(Cn4ccnc4NC)cc3C2=O)ncc1F. The molecule has 1 unspecified atom stereocenters. The number of fused-ring (bicyclic) bond motifs is 2. The van der Waals surface area contributed by atoms with Crippen LogP contribution >= 0.6 is 0 Å². The Labute approximate surface area is 232 Å². The van der Waals surface area contributed by atoms with Gasteiger partial charge in [-0.05, 0) is 50.7 Å². The predicted octanol–water partition coefficient (Wildman–Crippen LogP) is 4.85. The van der Waals surface area contributed by atoms with Crippen LogP contribution in [0.3, 0.4) is 0 Å². The molecule has 1 aliphatic heterocycles. The number of ether oxygens (including phenoxy) is 1. The topological polar surface area (TPSA) is 75.5 Å². The molecule has 1 atom stereocenters. The van der Waals surface area contributed by atoms with Crippen LogP contribution in [0.1, 0.15) is 65.5 Å². The Balaban J connectivity index is 1.61. The molecule has 5 rings (SSSR count). The molecule has 8 nitrogen and oxygen atoms in total. The highest BCUT2D eigenvalue weighted by atomic mass is 19.3. The van der Waals surface area contributed by atoms with Crippen molar-refractivity contribution < 1.29 is 22.7 Å². The summed E-state index contributed by atoms with van der Waals surface area (Å²) in [7, 11) is 5.63. The van der Waals surface area contributed by atoms with Crippen LogP contribution < -0.4 is 10.1 Å². The lowest BCUT2D eigenvalue weighted by Gasteiger charge is -2.54. The van der Waals surface area contributed by atoms with E-state index in [0.29, 0.717) is 35.9 Å². The van der Waals surface area contributed by atoms with Gasteiger partial charge in [0.05, 0.1) is 31.1 Å². The first-order valence-corrected chi connectivity index (χ1v) is 13.4. The summed E-state index contributed by atoms with van der Waals surface area (Å²) >= 11 is 0. The average molecular weight is 557 g/mol. The number of amides is 1. The lowest BCUT2D eigenvalue weighted by Crippen LogP contribution is -2.60. The van der Waals surface area contributed by atoms with E-state index >= 15 is 0 Å². The van der Waals surface area contributed by atoms with Gasteiger partial charge < -0.3 is 24.4 Å². The molecule has 0 saturated heterocycles. The van der Waals surface area contributed by atoms with Gasteiger partial charge in [-0.3, -0.25) is 9.78 Å². The van der Waals surface area contributed by atoms with Gasteiger partial charge in [-0.2, -0.15) is 0 Å². The normalized spacial score (nSPS) is 18.0. The fraction of sp³-hybridized carbons (Fsp3) is 0.483. The Bertz CT molecular complexity index is 1410. The molecule has 3 heterocycles. The second kappa shape index (κ2) is 10.4. The fourth-order valence-corrected chi connectivity index (χ4v) is 6.24. The van der Waals surface area contributed by atoms with Crippen LogP contribution in [0.15, 0.2) is 36.8 Å². The van der Waals surface area contributed by atoms with Gasteiger partial charge in [-0.1, -0.05) is 6.07 Å². The summed E-state index contributed by atoms with van der Waals surface area (Å²) in [6, 6.07) is 4.76. The zero-order valence-corrected chi connectivity index (χ0v) is 23.5. The quantitative estimate of drug-likeness (QED) is 0.406. The number of carbonyl (C=O) groups is 1. The molecule has 1 fully saturated rings. The van der Waals surface area contributed by atoms with Gasteiger partial charge in [0.15, 0.2) is 11.6 Å². The maximum atomic E-state index is 14.6. The fourth-order valence-electron chi connectivity index (χ4n) is 6.24. The summed E-state index contributed by atoms with van der Waals surface area (Å²) < 4.78 is 50.8. The molecule has 214 valence electrons. The molecule has 11 heteroatoms. The number of benzene rings is 1. The Morgan fingerprint density at radius 1 is 1.20 bits per heavy atom. The Morgan fingerprint density at radius 2 is 1.95 bits per heavy atom. The molecule has 1 spiro atoms. The Kier molecular flexibility index (Phi) is 7.28. The van der Waals surface area contributed by atoms with Gasteiger partial charge >= 0.3 is 0 Å². The first-order valence-electron chi connectivity index (χ1n) is 13.4. The van der Waals surface area contributed by atoms with Crippen molar-refractivity contribution >= 4 is 11.9 Å². The van der Waals surface area contributed by atoms with Gasteiger partial charge in [0.2, 0.25) is 11.9 Å². The van der Waals surface area contributed by atoms with E-state index in [4.69, 9.17) is 4.74 Å². The summed E-state index contributed by atoms with van der Waals surface area (Å²) in [5, 5.41) is 3.05. The van der Waals surface area contributed by atoms with Gasteiger partial charge in [0.1, 0.15) is 0 Å². The predicted molar refractivity (Wildman–Crippen MR) is 145 cm³/mol. The molecule has 0 radical (unpaired) electrons. The van der Waals surface area contributed by atoms with Crippen LogP contribution in [0.4, 0.5) is 19.1 Å². The molecule has 1 aromatic carbocycles. The van der Waals surface area contributed by atoms with E-state index in [-0.39, 0.29) is 37.6 Å². The van der Waals surface area contributed by atoms with Crippen molar-refractivity contribution in [2.45, 2.75) is 57.2 Å². The van der Waals surface area contributed by atoms with Gasteiger partial charge in [0, 0.05) is 62.4 Å². The summed E-state index contributed by atoms with van der Waals surface area (Å²) in [5.41, 5.74) is 2.43. The number of hydrogen-bond donors (Lipinski definition) is 1. The van der Waals surface area contributed by atoms with Crippen molar-refractivity contribution in [3.05, 3.63) is 70.6 Å². The number of carbonyl (C=O) groups excluding carboxylic acids is 1. The van der Waals surface area contributed by atoms with Crippen molar-refractivity contribution in [2.75, 3.05) is 39.6 Å². The molecular formula is C29H35F3N6O2. The van der Waals surface area contributed by atoms with E-state index in [1.807, 2.05) is 41.9 Å². The zero-order chi connectivity index (χ0) is 28.8. The highest BCUT2D eigenvalue weighted by Gasteiger charge is 2.61. The minimum absolute atomic E-state index is 0.0466. The number of anilines is 1. The molecule has 2 aliphatic rings. The van der Waals surface area contributed by atoms with Gasteiger partial charge in [0.25, 0.3) is 5.91 Å². The monoisotopic (exact) mass is 556 g/mol. The Morgan fingerprint density at radius 3 is 2.60 bits per heavy atom. The first kappa shape index (κ1) is 27.9. The summed E-state index contributed by atoms with van der Waals surface area (Å²) in [6.07, 6.45) is 3.93. The molecule has 1 amide bonds. The largest absolute Gasteiger partial charge is 0.491 e. The van der Waals surface area contributed by atoms with E-state index < -0.39 is 23.2 Å². The number of alkyl halides is 2. The molecule has 1 N–H and O–H groups in total. The Hall–Kier alpha value is -3.60. The molecule has 40 heavy (non-hydrogen) atoms. The van der Waals surface area contributed by atoms with Crippen LogP contribution in [0.2, 0.25) is 0 Å². The van der Waals surface area contributed by atoms with E-state index in [0.717, 1.165) is 17.3 Å². The molecule has 1 aliphatic carbocycles. The van der Waals surface area contributed by atoms with E-state index in [9.17, 15) is 18.0 Å². The van der Waals surface area contributed by atoms with Crippen LogP contribution in [-0.4, -0.2) is 70.5 Å². The second-order valence-electron chi connectivity index (χ2n) is 11.1. The van der Waals surface area contributed by atoms with E-state index in [1.165, 1.54) is 6.07 Å². The summed E-state index contributed by atoms with van der Waals surface area (Å²) in [6.45, 7) is 4.90. The van der Waals surface area contributed by atoms with Crippen LogP contribution in [-0.2, 0) is 18.5 Å². The van der Waals surface area contributed by atoms with Crippen molar-refractivity contribution in [2.24, 2.45) is 0 Å². The number of nitrogens with zero attached hydrogens (tertiary/aromatic N) is 5. The molecule has 1 saturated carbocycles. The zero-order valence-electron chi connectivity index (χ0n) is 23.5. The maximum absolute atomic E-state index is 14.6. The summed E-state index contributed by atoms with van der Waals surface area (Å²) in [5.74, 6) is -2.94. The van der Waals surface area contributed by atoms with Crippen LogP contribution in [0.5, 0.6) is 5.75 Å². The standard InChI is InChI=1S/C29H35F3N6O2/c1-6-40-24-11-23(35-12-22(24)30)18(2)38-17-28(15-29(31,32)16-28)25-20(14-36(4)5)9-19(10-21(25)26(38)39)13-37-8-7-34-27(37)33-3/h7-12,18H,6,13-17H2,1-5H3,(H,33,34). The highest BCUT2D eigenvalue weighted by Crippen LogP contribution is 2.58. The minimum Gasteiger partial charge on any atom is -0.491 e.